The van der Waals surface area contributed by atoms with Gasteiger partial charge in [0.2, 0.25) is 0 Å². The fourth-order valence-electron chi connectivity index (χ4n) is 1.32. The summed E-state index contributed by atoms with van der Waals surface area (Å²) in [6, 6.07) is 8.49. The highest BCUT2D eigenvalue weighted by molar-refractivity contribution is 5.86. The van der Waals surface area contributed by atoms with Crippen LogP contribution in [0, 0.1) is 0 Å². The van der Waals surface area contributed by atoms with E-state index in [1.807, 2.05) is 6.07 Å². The summed E-state index contributed by atoms with van der Waals surface area (Å²) in [4.78, 5) is 21.6. The van der Waals surface area contributed by atoms with Gasteiger partial charge in [-0.15, -0.1) is 0 Å². The van der Waals surface area contributed by atoms with Gasteiger partial charge >= 0.3 is 0 Å². The molecule has 0 fully saturated rings. The van der Waals surface area contributed by atoms with Crippen molar-refractivity contribution in [3.8, 4) is 11.3 Å². The van der Waals surface area contributed by atoms with E-state index in [0.29, 0.717) is 11.3 Å². The molecule has 0 aliphatic carbocycles. The van der Waals surface area contributed by atoms with Crippen molar-refractivity contribution in [3.05, 3.63) is 46.2 Å². The number of H-pyrrole nitrogens is 2. The molecular formula is C10H8N2O2. The van der Waals surface area contributed by atoms with Gasteiger partial charge in [0.05, 0.1) is 5.69 Å². The van der Waals surface area contributed by atoms with Crippen molar-refractivity contribution in [2.75, 3.05) is 0 Å². The largest absolute Gasteiger partial charge is 0.298 e. The number of aldehydes is 1. The highest BCUT2D eigenvalue weighted by atomic mass is 16.1. The lowest BCUT2D eigenvalue weighted by atomic mass is 10.1. The van der Waals surface area contributed by atoms with Gasteiger partial charge in [0.1, 0.15) is 0 Å². The first kappa shape index (κ1) is 8.50. The molecule has 2 N–H and O–H groups in total. The fourth-order valence-corrected chi connectivity index (χ4v) is 1.32. The highest BCUT2D eigenvalue weighted by Gasteiger charge is 2.04. The minimum Gasteiger partial charge on any atom is -0.298 e. The number of aromatic amines is 2. The minimum absolute atomic E-state index is 0.208. The van der Waals surface area contributed by atoms with Crippen LogP contribution in [0.3, 0.4) is 0 Å². The third-order valence-corrected chi connectivity index (χ3v) is 1.97. The summed E-state index contributed by atoms with van der Waals surface area (Å²) in [5.41, 5.74) is 1.70. The molecule has 0 aliphatic heterocycles. The molecule has 0 unspecified atom stereocenters. The van der Waals surface area contributed by atoms with Crippen molar-refractivity contribution in [1.82, 2.24) is 10.2 Å². The normalized spacial score (nSPS) is 10.0. The molecule has 70 valence electrons. The van der Waals surface area contributed by atoms with E-state index >= 15 is 0 Å². The van der Waals surface area contributed by atoms with E-state index in [1.165, 1.54) is 6.07 Å². The van der Waals surface area contributed by atoms with Crippen molar-refractivity contribution >= 4 is 6.29 Å². The van der Waals surface area contributed by atoms with Crippen LogP contribution in [0.1, 0.15) is 10.4 Å². The highest BCUT2D eigenvalue weighted by Crippen LogP contribution is 2.18. The van der Waals surface area contributed by atoms with Gasteiger partial charge < -0.3 is 0 Å². The Kier molecular flexibility index (Phi) is 2.02. The molecule has 0 bridgehead atoms. The standard InChI is InChI=1S/C10H8N2O2/c13-6-7-3-1-2-4-8(7)9-5-10(14)12-11-9/h1-6H,(H2,11,12,14). The third-order valence-electron chi connectivity index (χ3n) is 1.97. The number of carbonyl (C=O) groups excluding carboxylic acids is 1. The molecule has 0 amide bonds. The summed E-state index contributed by atoms with van der Waals surface area (Å²) in [5.74, 6) is 0. The van der Waals surface area contributed by atoms with Crippen LogP contribution in [0.25, 0.3) is 11.3 Å². The van der Waals surface area contributed by atoms with Gasteiger partial charge in [0.25, 0.3) is 5.56 Å². The maximum atomic E-state index is 10.9. The molecule has 0 spiro atoms. The Labute approximate surface area is 79.6 Å². The molecule has 1 heterocycles. The van der Waals surface area contributed by atoms with E-state index in [9.17, 15) is 9.59 Å². The molecule has 0 saturated carbocycles. The van der Waals surface area contributed by atoms with E-state index in [4.69, 9.17) is 0 Å². The zero-order valence-electron chi connectivity index (χ0n) is 7.28. The zero-order chi connectivity index (χ0) is 9.97. The second kappa shape index (κ2) is 3.33. The molecule has 2 aromatic rings. The summed E-state index contributed by atoms with van der Waals surface area (Å²) in [7, 11) is 0. The number of aromatic nitrogens is 2. The zero-order valence-corrected chi connectivity index (χ0v) is 7.28. The van der Waals surface area contributed by atoms with Crippen molar-refractivity contribution in [2.24, 2.45) is 0 Å². The second-order valence-corrected chi connectivity index (χ2v) is 2.88. The molecule has 0 radical (unpaired) electrons. The molecule has 1 aromatic heterocycles. The number of nitrogens with one attached hydrogen (secondary N) is 2. The minimum atomic E-state index is -0.208. The summed E-state index contributed by atoms with van der Waals surface area (Å²) < 4.78 is 0. The van der Waals surface area contributed by atoms with E-state index < -0.39 is 0 Å². The molecule has 0 atom stereocenters. The second-order valence-electron chi connectivity index (χ2n) is 2.88. The number of carbonyl (C=O) groups is 1. The maximum absolute atomic E-state index is 10.9. The fraction of sp³-hybridized carbons (Fsp3) is 0. The van der Waals surface area contributed by atoms with Crippen LogP contribution >= 0.6 is 0 Å². The SMILES string of the molecule is O=Cc1ccccc1-c1cc(=O)[nH][nH]1. The van der Waals surface area contributed by atoms with E-state index in [0.717, 1.165) is 11.8 Å². The first-order valence-electron chi connectivity index (χ1n) is 4.13. The molecule has 0 saturated heterocycles. The quantitative estimate of drug-likeness (QED) is 0.695. The van der Waals surface area contributed by atoms with E-state index in [1.54, 1.807) is 18.2 Å². The van der Waals surface area contributed by atoms with Gasteiger partial charge in [-0.1, -0.05) is 24.3 Å². The van der Waals surface area contributed by atoms with Crippen molar-refractivity contribution in [2.45, 2.75) is 0 Å². The summed E-state index contributed by atoms with van der Waals surface area (Å²) in [6.45, 7) is 0. The number of rotatable bonds is 2. The topological polar surface area (TPSA) is 65.7 Å². The van der Waals surface area contributed by atoms with Crippen LogP contribution in [-0.4, -0.2) is 16.5 Å². The van der Waals surface area contributed by atoms with Gasteiger partial charge in [-0.25, -0.2) is 0 Å². The molecule has 1 aromatic carbocycles. The monoisotopic (exact) mass is 188 g/mol. The molecule has 4 nitrogen and oxygen atoms in total. The Morgan fingerprint density at radius 3 is 2.57 bits per heavy atom. The number of hydrogen-bond donors (Lipinski definition) is 2. The number of hydrogen-bond acceptors (Lipinski definition) is 2. The van der Waals surface area contributed by atoms with Crippen LogP contribution in [-0.2, 0) is 0 Å². The summed E-state index contributed by atoms with van der Waals surface area (Å²) in [6.07, 6.45) is 0.765. The molecule has 0 aliphatic rings. The Balaban J connectivity index is 2.61. The lowest BCUT2D eigenvalue weighted by Gasteiger charge is -1.99. The van der Waals surface area contributed by atoms with Crippen molar-refractivity contribution in [3.63, 3.8) is 0 Å². The van der Waals surface area contributed by atoms with Gasteiger partial charge in [0, 0.05) is 17.2 Å². The summed E-state index contributed by atoms with van der Waals surface area (Å²) in [5, 5.41) is 5.12. The van der Waals surface area contributed by atoms with Crippen LogP contribution < -0.4 is 5.56 Å². The Bertz CT molecular complexity index is 511. The van der Waals surface area contributed by atoms with Crippen molar-refractivity contribution < 1.29 is 4.79 Å². The van der Waals surface area contributed by atoms with Crippen LogP contribution in [0.15, 0.2) is 35.1 Å². The third kappa shape index (κ3) is 1.37. The first-order valence-corrected chi connectivity index (χ1v) is 4.13. The predicted octanol–water partition coefficient (Wildman–Crippen LogP) is 1.18. The lowest BCUT2D eigenvalue weighted by Crippen LogP contribution is -1.93. The molecule has 2 rings (SSSR count). The Morgan fingerprint density at radius 1 is 1.14 bits per heavy atom. The van der Waals surface area contributed by atoms with E-state index in [2.05, 4.69) is 10.2 Å². The molecule has 4 heteroatoms. The molecule has 14 heavy (non-hydrogen) atoms. The maximum Gasteiger partial charge on any atom is 0.264 e. The first-order chi connectivity index (χ1) is 6.81. The average Bonchev–Trinajstić information content (AvgIpc) is 2.65. The van der Waals surface area contributed by atoms with Crippen LogP contribution in [0.2, 0.25) is 0 Å². The average molecular weight is 188 g/mol. The number of benzene rings is 1. The van der Waals surface area contributed by atoms with E-state index in [-0.39, 0.29) is 5.56 Å². The van der Waals surface area contributed by atoms with Crippen LogP contribution in [0.4, 0.5) is 0 Å². The smallest absolute Gasteiger partial charge is 0.264 e. The van der Waals surface area contributed by atoms with Gasteiger partial charge in [-0.3, -0.25) is 19.8 Å². The van der Waals surface area contributed by atoms with Gasteiger partial charge in [-0.05, 0) is 0 Å². The van der Waals surface area contributed by atoms with Crippen molar-refractivity contribution in [1.29, 1.82) is 0 Å². The molecular weight excluding hydrogens is 180 g/mol. The van der Waals surface area contributed by atoms with Crippen LogP contribution in [0.5, 0.6) is 0 Å². The summed E-state index contributed by atoms with van der Waals surface area (Å²) >= 11 is 0. The van der Waals surface area contributed by atoms with Gasteiger partial charge in [-0.2, -0.15) is 0 Å². The Morgan fingerprint density at radius 2 is 1.93 bits per heavy atom. The Hall–Kier alpha value is -2.10. The lowest BCUT2D eigenvalue weighted by molar-refractivity contribution is 0.112. The van der Waals surface area contributed by atoms with Gasteiger partial charge in [0.15, 0.2) is 6.29 Å². The predicted molar refractivity (Wildman–Crippen MR) is 52.2 cm³/mol.